The Hall–Kier alpha value is -1.00. The van der Waals surface area contributed by atoms with Gasteiger partial charge in [-0.05, 0) is 44.4 Å². The topological polar surface area (TPSA) is 32.3 Å². The lowest BCUT2D eigenvalue weighted by atomic mass is 9.78. The van der Waals surface area contributed by atoms with E-state index in [-0.39, 0.29) is 17.6 Å². The van der Waals surface area contributed by atoms with Gasteiger partial charge in [0.2, 0.25) is 0 Å². The molecule has 4 heteroatoms. The van der Waals surface area contributed by atoms with Gasteiger partial charge in [-0.2, -0.15) is 0 Å². The van der Waals surface area contributed by atoms with Crippen LogP contribution in [0.25, 0.3) is 0 Å². The minimum atomic E-state index is -1.01. The first-order valence-corrected chi connectivity index (χ1v) is 5.88. The molecule has 1 aliphatic carbocycles. The summed E-state index contributed by atoms with van der Waals surface area (Å²) in [5, 5.41) is 13.0. The van der Waals surface area contributed by atoms with Crippen molar-refractivity contribution in [1.82, 2.24) is 5.32 Å². The van der Waals surface area contributed by atoms with Gasteiger partial charge >= 0.3 is 0 Å². The summed E-state index contributed by atoms with van der Waals surface area (Å²) < 4.78 is 26.3. The van der Waals surface area contributed by atoms with E-state index >= 15 is 0 Å². The van der Waals surface area contributed by atoms with Crippen LogP contribution >= 0.6 is 0 Å². The number of nitrogens with one attached hydrogen (secondary N) is 1. The molecule has 0 amide bonds. The maximum Gasteiger partial charge on any atom is 0.129 e. The fraction of sp³-hybridized carbons (Fsp3) is 0.538. The minimum absolute atomic E-state index is 0.0143. The number of hydrogen-bond donors (Lipinski definition) is 2. The zero-order valence-electron chi connectivity index (χ0n) is 9.84. The third-order valence-corrected chi connectivity index (χ3v) is 3.50. The molecule has 0 bridgehead atoms. The van der Waals surface area contributed by atoms with E-state index in [0.29, 0.717) is 0 Å². The molecule has 2 rings (SSSR count). The van der Waals surface area contributed by atoms with Gasteiger partial charge in [-0.3, -0.25) is 0 Å². The van der Waals surface area contributed by atoms with Crippen LogP contribution in [0.2, 0.25) is 0 Å². The van der Waals surface area contributed by atoms with Crippen LogP contribution in [0.15, 0.2) is 18.2 Å². The first-order valence-electron chi connectivity index (χ1n) is 5.88. The number of benzene rings is 1. The van der Waals surface area contributed by atoms with E-state index in [0.717, 1.165) is 31.0 Å². The fourth-order valence-corrected chi connectivity index (χ4v) is 2.11. The standard InChI is InChI=1S/C13H17F2NO/c1-13(5-2-6-13)16-8-12(17)10-7-9(14)3-4-11(10)15/h3-4,7,12,16-17H,2,5-6,8H2,1H3. The van der Waals surface area contributed by atoms with Crippen molar-refractivity contribution in [2.24, 2.45) is 0 Å². The lowest BCUT2D eigenvalue weighted by molar-refractivity contribution is 0.129. The summed E-state index contributed by atoms with van der Waals surface area (Å²) in [4.78, 5) is 0. The molecule has 94 valence electrons. The maximum atomic E-state index is 13.4. The lowest BCUT2D eigenvalue weighted by Gasteiger charge is -2.40. The van der Waals surface area contributed by atoms with Crippen molar-refractivity contribution in [3.05, 3.63) is 35.4 Å². The highest BCUT2D eigenvalue weighted by Gasteiger charge is 2.31. The highest BCUT2D eigenvalue weighted by Crippen LogP contribution is 2.31. The summed E-state index contributed by atoms with van der Waals surface area (Å²) in [5.74, 6) is -1.10. The average Bonchev–Trinajstić information content (AvgIpc) is 2.26. The molecule has 2 N–H and O–H groups in total. The molecular formula is C13H17F2NO. The number of rotatable bonds is 4. The predicted octanol–water partition coefficient (Wildman–Crippen LogP) is 2.53. The highest BCUT2D eigenvalue weighted by molar-refractivity contribution is 5.21. The van der Waals surface area contributed by atoms with Gasteiger partial charge < -0.3 is 10.4 Å². The second kappa shape index (κ2) is 4.70. The van der Waals surface area contributed by atoms with Crippen LogP contribution in [0.1, 0.15) is 37.9 Å². The Morgan fingerprint density at radius 2 is 2.12 bits per heavy atom. The largest absolute Gasteiger partial charge is 0.387 e. The SMILES string of the molecule is CC1(NCC(O)c2cc(F)ccc2F)CCC1. The van der Waals surface area contributed by atoms with Gasteiger partial charge in [-0.1, -0.05) is 0 Å². The lowest BCUT2D eigenvalue weighted by Crippen LogP contribution is -2.49. The monoisotopic (exact) mass is 241 g/mol. The number of hydrogen-bond acceptors (Lipinski definition) is 2. The zero-order chi connectivity index (χ0) is 12.5. The van der Waals surface area contributed by atoms with E-state index < -0.39 is 17.7 Å². The Balaban J connectivity index is 1.99. The Bertz CT molecular complexity index is 404. The number of aliphatic hydroxyl groups excluding tert-OH is 1. The molecular weight excluding hydrogens is 224 g/mol. The molecule has 0 heterocycles. The average molecular weight is 241 g/mol. The van der Waals surface area contributed by atoms with Crippen LogP contribution in [0.5, 0.6) is 0 Å². The van der Waals surface area contributed by atoms with E-state index in [9.17, 15) is 13.9 Å². The first kappa shape index (κ1) is 12.5. The molecule has 1 aromatic carbocycles. The third-order valence-electron chi connectivity index (χ3n) is 3.50. The molecule has 0 radical (unpaired) electrons. The Morgan fingerprint density at radius 1 is 1.41 bits per heavy atom. The van der Waals surface area contributed by atoms with Gasteiger partial charge in [0, 0.05) is 17.6 Å². The van der Waals surface area contributed by atoms with Crippen molar-refractivity contribution >= 4 is 0 Å². The molecule has 1 fully saturated rings. The second-order valence-corrected chi connectivity index (χ2v) is 4.98. The molecule has 1 atom stereocenters. The highest BCUT2D eigenvalue weighted by atomic mass is 19.1. The molecule has 2 nitrogen and oxygen atoms in total. The Labute approximate surface area is 99.7 Å². The summed E-state index contributed by atoms with van der Waals surface area (Å²) in [6.07, 6.45) is 2.29. The van der Waals surface area contributed by atoms with Gasteiger partial charge in [0.25, 0.3) is 0 Å². The number of aliphatic hydroxyl groups is 1. The molecule has 0 aliphatic heterocycles. The summed E-state index contributed by atoms with van der Waals surface area (Å²) in [7, 11) is 0. The van der Waals surface area contributed by atoms with Gasteiger partial charge in [-0.15, -0.1) is 0 Å². The molecule has 1 saturated carbocycles. The first-order chi connectivity index (χ1) is 8.00. The minimum Gasteiger partial charge on any atom is -0.387 e. The van der Waals surface area contributed by atoms with E-state index in [2.05, 4.69) is 12.2 Å². The van der Waals surface area contributed by atoms with Crippen molar-refractivity contribution in [3.8, 4) is 0 Å². The van der Waals surface area contributed by atoms with Crippen LogP contribution in [0.3, 0.4) is 0 Å². The molecule has 17 heavy (non-hydrogen) atoms. The fourth-order valence-electron chi connectivity index (χ4n) is 2.11. The van der Waals surface area contributed by atoms with Gasteiger partial charge in [0.1, 0.15) is 11.6 Å². The summed E-state index contributed by atoms with van der Waals surface area (Å²) in [6.45, 7) is 2.32. The summed E-state index contributed by atoms with van der Waals surface area (Å²) >= 11 is 0. The van der Waals surface area contributed by atoms with Crippen LogP contribution in [0, 0.1) is 11.6 Å². The summed E-state index contributed by atoms with van der Waals surface area (Å²) in [6, 6.07) is 3.13. The van der Waals surface area contributed by atoms with E-state index in [1.807, 2.05) is 0 Å². The zero-order valence-corrected chi connectivity index (χ0v) is 9.84. The Kier molecular flexibility index (Phi) is 3.45. The van der Waals surface area contributed by atoms with Crippen molar-refractivity contribution in [3.63, 3.8) is 0 Å². The number of halogens is 2. The molecule has 1 unspecified atom stereocenters. The predicted molar refractivity (Wildman–Crippen MR) is 61.6 cm³/mol. The quantitative estimate of drug-likeness (QED) is 0.849. The third kappa shape index (κ3) is 2.82. The Morgan fingerprint density at radius 3 is 2.71 bits per heavy atom. The molecule has 0 aromatic heterocycles. The molecule has 0 saturated heterocycles. The van der Waals surface area contributed by atoms with Crippen molar-refractivity contribution in [2.45, 2.75) is 37.8 Å². The van der Waals surface area contributed by atoms with Crippen LogP contribution < -0.4 is 5.32 Å². The van der Waals surface area contributed by atoms with E-state index in [1.54, 1.807) is 0 Å². The molecule has 1 aliphatic rings. The van der Waals surface area contributed by atoms with Crippen LogP contribution in [-0.2, 0) is 0 Å². The van der Waals surface area contributed by atoms with E-state index in [4.69, 9.17) is 0 Å². The van der Waals surface area contributed by atoms with Gasteiger partial charge in [-0.25, -0.2) is 8.78 Å². The molecule has 1 aromatic rings. The van der Waals surface area contributed by atoms with Gasteiger partial charge in [0.05, 0.1) is 6.10 Å². The van der Waals surface area contributed by atoms with Crippen molar-refractivity contribution in [1.29, 1.82) is 0 Å². The van der Waals surface area contributed by atoms with Crippen LogP contribution in [-0.4, -0.2) is 17.2 Å². The second-order valence-electron chi connectivity index (χ2n) is 4.98. The van der Waals surface area contributed by atoms with Crippen LogP contribution in [0.4, 0.5) is 8.78 Å². The normalized spacial score (nSPS) is 19.8. The summed E-state index contributed by atoms with van der Waals surface area (Å²) in [5.41, 5.74) is 0.0607. The van der Waals surface area contributed by atoms with Crippen molar-refractivity contribution in [2.75, 3.05) is 6.54 Å². The van der Waals surface area contributed by atoms with Crippen molar-refractivity contribution < 1.29 is 13.9 Å². The van der Waals surface area contributed by atoms with Gasteiger partial charge in [0.15, 0.2) is 0 Å². The molecule has 0 spiro atoms. The number of β-amino-alcohol motifs (C(OH)–C–C–N with tert-alkyl or cyclic N) is 1. The maximum absolute atomic E-state index is 13.4. The smallest absolute Gasteiger partial charge is 0.129 e. The van der Waals surface area contributed by atoms with E-state index in [1.165, 1.54) is 6.42 Å².